The predicted molar refractivity (Wildman–Crippen MR) is 51.8 cm³/mol. The van der Waals surface area contributed by atoms with E-state index in [0.717, 1.165) is 6.42 Å². The van der Waals surface area contributed by atoms with Crippen LogP contribution in [0.4, 0.5) is 0 Å². The Kier molecular flexibility index (Phi) is 3.63. The second-order valence-corrected chi connectivity index (χ2v) is 3.81. The SMILES string of the molecule is CC(=O)C(C)NC(=O)C1CCOC1C. The number of Topliss-reactive ketones (excluding diaryl/α,β-unsaturated/α-hetero) is 1. The van der Waals surface area contributed by atoms with Crippen molar-refractivity contribution in [3.8, 4) is 0 Å². The maximum absolute atomic E-state index is 11.6. The van der Waals surface area contributed by atoms with E-state index < -0.39 is 6.04 Å². The Balaban J connectivity index is 2.45. The molecule has 0 aromatic heterocycles. The zero-order valence-corrected chi connectivity index (χ0v) is 8.87. The molecule has 3 unspecified atom stereocenters. The lowest BCUT2D eigenvalue weighted by Gasteiger charge is -2.16. The standard InChI is InChI=1S/C10H17NO3/c1-6(7(2)12)11-10(13)9-4-5-14-8(9)3/h6,8-9H,4-5H2,1-3H3,(H,11,13). The molecule has 0 aliphatic carbocycles. The second kappa shape index (κ2) is 4.55. The van der Waals surface area contributed by atoms with Crippen LogP contribution in [-0.4, -0.2) is 30.4 Å². The summed E-state index contributed by atoms with van der Waals surface area (Å²) in [5.74, 6) is -0.195. The van der Waals surface area contributed by atoms with Gasteiger partial charge in [-0.25, -0.2) is 0 Å². The number of amides is 1. The third-order valence-corrected chi connectivity index (χ3v) is 2.68. The average molecular weight is 199 g/mol. The van der Waals surface area contributed by atoms with Crippen LogP contribution in [0.2, 0.25) is 0 Å². The van der Waals surface area contributed by atoms with E-state index in [1.807, 2.05) is 6.92 Å². The van der Waals surface area contributed by atoms with Crippen molar-refractivity contribution in [2.45, 2.75) is 39.3 Å². The first kappa shape index (κ1) is 11.2. The lowest BCUT2D eigenvalue weighted by atomic mass is 10.0. The highest BCUT2D eigenvalue weighted by Crippen LogP contribution is 2.20. The number of carbonyl (C=O) groups is 2. The van der Waals surface area contributed by atoms with Crippen LogP contribution >= 0.6 is 0 Å². The summed E-state index contributed by atoms with van der Waals surface area (Å²) in [5.41, 5.74) is 0. The second-order valence-electron chi connectivity index (χ2n) is 3.81. The van der Waals surface area contributed by atoms with Crippen molar-refractivity contribution >= 4 is 11.7 Å². The van der Waals surface area contributed by atoms with Gasteiger partial charge in [0.1, 0.15) is 0 Å². The summed E-state index contributed by atoms with van der Waals surface area (Å²) < 4.78 is 5.28. The minimum atomic E-state index is -0.393. The van der Waals surface area contributed by atoms with E-state index in [1.165, 1.54) is 6.92 Å². The van der Waals surface area contributed by atoms with E-state index in [-0.39, 0.29) is 23.7 Å². The van der Waals surface area contributed by atoms with Gasteiger partial charge >= 0.3 is 0 Å². The first-order valence-corrected chi connectivity index (χ1v) is 4.94. The molecule has 0 radical (unpaired) electrons. The number of hydrogen-bond acceptors (Lipinski definition) is 3. The van der Waals surface area contributed by atoms with Gasteiger partial charge in [0.25, 0.3) is 0 Å². The lowest BCUT2D eigenvalue weighted by molar-refractivity contribution is -0.130. The molecule has 1 fully saturated rings. The van der Waals surface area contributed by atoms with Crippen molar-refractivity contribution in [2.24, 2.45) is 5.92 Å². The lowest BCUT2D eigenvalue weighted by Crippen LogP contribution is -2.42. The van der Waals surface area contributed by atoms with Crippen molar-refractivity contribution in [3.05, 3.63) is 0 Å². The van der Waals surface area contributed by atoms with Gasteiger partial charge in [-0.3, -0.25) is 9.59 Å². The number of hydrogen-bond donors (Lipinski definition) is 1. The molecule has 0 saturated carbocycles. The maximum Gasteiger partial charge on any atom is 0.226 e. The molecule has 14 heavy (non-hydrogen) atoms. The van der Waals surface area contributed by atoms with Gasteiger partial charge in [0.2, 0.25) is 5.91 Å². The van der Waals surface area contributed by atoms with Crippen molar-refractivity contribution < 1.29 is 14.3 Å². The minimum absolute atomic E-state index is 0.0232. The van der Waals surface area contributed by atoms with Crippen molar-refractivity contribution in [3.63, 3.8) is 0 Å². The van der Waals surface area contributed by atoms with Gasteiger partial charge in [0.05, 0.1) is 18.1 Å². The minimum Gasteiger partial charge on any atom is -0.378 e. The van der Waals surface area contributed by atoms with Gasteiger partial charge < -0.3 is 10.1 Å². The van der Waals surface area contributed by atoms with Gasteiger partial charge in [-0.15, -0.1) is 0 Å². The highest BCUT2D eigenvalue weighted by atomic mass is 16.5. The molecule has 4 nitrogen and oxygen atoms in total. The molecule has 1 amide bonds. The van der Waals surface area contributed by atoms with Crippen LogP contribution < -0.4 is 5.32 Å². The molecule has 1 aliphatic rings. The number of nitrogens with one attached hydrogen (secondary N) is 1. The number of ketones is 1. The van der Waals surface area contributed by atoms with Crippen LogP contribution in [0.1, 0.15) is 27.2 Å². The van der Waals surface area contributed by atoms with Gasteiger partial charge in [-0.1, -0.05) is 0 Å². The Morgan fingerprint density at radius 2 is 2.14 bits per heavy atom. The van der Waals surface area contributed by atoms with E-state index in [1.54, 1.807) is 6.92 Å². The normalized spacial score (nSPS) is 28.5. The number of rotatable bonds is 3. The monoisotopic (exact) mass is 199 g/mol. The average Bonchev–Trinajstić information content (AvgIpc) is 2.51. The third-order valence-electron chi connectivity index (χ3n) is 2.68. The summed E-state index contributed by atoms with van der Waals surface area (Å²) in [6.07, 6.45) is 0.714. The topological polar surface area (TPSA) is 55.4 Å². The van der Waals surface area contributed by atoms with E-state index in [4.69, 9.17) is 4.74 Å². The van der Waals surface area contributed by atoms with E-state index in [0.29, 0.717) is 6.61 Å². The fourth-order valence-electron chi connectivity index (χ4n) is 1.50. The fraction of sp³-hybridized carbons (Fsp3) is 0.800. The molecule has 3 atom stereocenters. The first-order valence-electron chi connectivity index (χ1n) is 4.94. The molecule has 1 rings (SSSR count). The van der Waals surface area contributed by atoms with Gasteiger partial charge in [-0.05, 0) is 27.2 Å². The van der Waals surface area contributed by atoms with Crippen LogP contribution in [0.3, 0.4) is 0 Å². The van der Waals surface area contributed by atoms with Crippen LogP contribution in [0.25, 0.3) is 0 Å². The summed E-state index contributed by atoms with van der Waals surface area (Å²) in [4.78, 5) is 22.6. The summed E-state index contributed by atoms with van der Waals surface area (Å²) in [6.45, 7) is 5.68. The van der Waals surface area contributed by atoms with Crippen molar-refractivity contribution in [1.82, 2.24) is 5.32 Å². The molecule has 0 aromatic rings. The summed E-state index contributed by atoms with van der Waals surface area (Å²) in [7, 11) is 0. The molecule has 1 N–H and O–H groups in total. The van der Waals surface area contributed by atoms with Crippen LogP contribution in [-0.2, 0) is 14.3 Å². The highest BCUT2D eigenvalue weighted by Gasteiger charge is 2.31. The Morgan fingerprint density at radius 1 is 1.50 bits per heavy atom. The zero-order chi connectivity index (χ0) is 10.7. The summed E-state index contributed by atoms with van der Waals surface area (Å²) >= 11 is 0. The Labute approximate surface area is 84.0 Å². The molecule has 4 heteroatoms. The Hall–Kier alpha value is -0.900. The van der Waals surface area contributed by atoms with Gasteiger partial charge in [-0.2, -0.15) is 0 Å². The Bertz CT molecular complexity index is 240. The molecular formula is C10H17NO3. The van der Waals surface area contributed by atoms with E-state index >= 15 is 0 Å². The molecule has 0 bridgehead atoms. The molecule has 80 valence electrons. The number of carbonyl (C=O) groups excluding carboxylic acids is 2. The van der Waals surface area contributed by atoms with E-state index in [2.05, 4.69) is 5.32 Å². The number of ether oxygens (including phenoxy) is 1. The largest absolute Gasteiger partial charge is 0.378 e. The first-order chi connectivity index (χ1) is 6.52. The molecule has 0 aromatic carbocycles. The molecular weight excluding hydrogens is 182 g/mol. The smallest absolute Gasteiger partial charge is 0.226 e. The van der Waals surface area contributed by atoms with Gasteiger partial charge in [0.15, 0.2) is 5.78 Å². The maximum atomic E-state index is 11.6. The fourth-order valence-corrected chi connectivity index (χ4v) is 1.50. The summed E-state index contributed by atoms with van der Waals surface area (Å²) in [5, 5.41) is 2.68. The Morgan fingerprint density at radius 3 is 2.57 bits per heavy atom. The molecule has 1 heterocycles. The summed E-state index contributed by atoms with van der Waals surface area (Å²) in [6, 6.07) is -0.393. The zero-order valence-electron chi connectivity index (χ0n) is 8.87. The third kappa shape index (κ3) is 2.54. The van der Waals surface area contributed by atoms with Crippen LogP contribution in [0.15, 0.2) is 0 Å². The molecule has 0 spiro atoms. The van der Waals surface area contributed by atoms with Crippen LogP contribution in [0, 0.1) is 5.92 Å². The van der Waals surface area contributed by atoms with Crippen molar-refractivity contribution in [2.75, 3.05) is 6.61 Å². The highest BCUT2D eigenvalue weighted by molar-refractivity contribution is 5.88. The van der Waals surface area contributed by atoms with Crippen molar-refractivity contribution in [1.29, 1.82) is 0 Å². The van der Waals surface area contributed by atoms with E-state index in [9.17, 15) is 9.59 Å². The predicted octanol–water partition coefficient (Wildman–Crippen LogP) is 0.505. The van der Waals surface area contributed by atoms with Crippen LogP contribution in [0.5, 0.6) is 0 Å². The quantitative estimate of drug-likeness (QED) is 0.720. The molecule has 1 saturated heterocycles. The van der Waals surface area contributed by atoms with Gasteiger partial charge in [0, 0.05) is 6.61 Å². The molecule has 1 aliphatic heterocycles.